The Hall–Kier alpha value is -1.39. The number of nitrogens with zero attached hydrogens (tertiary/aromatic N) is 3. The number of rotatable bonds is 3. The molecule has 0 amide bonds. The molecule has 3 rings (SSSR count). The van der Waals surface area contributed by atoms with Crippen molar-refractivity contribution in [3.8, 4) is 0 Å². The number of alkyl halides is 1. The molecule has 0 fully saturated rings. The van der Waals surface area contributed by atoms with Crippen LogP contribution in [0.4, 0.5) is 0 Å². The summed E-state index contributed by atoms with van der Waals surface area (Å²) < 4.78 is 2.19. The van der Waals surface area contributed by atoms with Crippen molar-refractivity contribution in [2.75, 3.05) is 0 Å². The molecule has 3 nitrogen and oxygen atoms in total. The highest BCUT2D eigenvalue weighted by molar-refractivity contribution is 7.11. The maximum Gasteiger partial charge on any atom is 0.125 e. The predicted molar refractivity (Wildman–Crippen MR) is 84.7 cm³/mol. The highest BCUT2D eigenvalue weighted by Crippen LogP contribution is 2.29. The largest absolute Gasteiger partial charge is 0.317 e. The van der Waals surface area contributed by atoms with Crippen LogP contribution in [-0.2, 0) is 5.88 Å². The molecule has 2 heterocycles. The molecule has 20 heavy (non-hydrogen) atoms. The lowest BCUT2D eigenvalue weighted by Crippen LogP contribution is -2.09. The van der Waals surface area contributed by atoms with E-state index in [1.807, 2.05) is 6.20 Å². The van der Waals surface area contributed by atoms with E-state index in [1.54, 1.807) is 11.3 Å². The first kappa shape index (κ1) is 13.6. The minimum atomic E-state index is 0.148. The summed E-state index contributed by atoms with van der Waals surface area (Å²) in [6.07, 6.45) is 1.92. The quantitative estimate of drug-likeness (QED) is 0.669. The molecule has 0 bridgehead atoms. The van der Waals surface area contributed by atoms with Gasteiger partial charge in [-0.1, -0.05) is 6.07 Å². The van der Waals surface area contributed by atoms with E-state index in [0.717, 1.165) is 21.9 Å². The van der Waals surface area contributed by atoms with Gasteiger partial charge in [0.15, 0.2) is 0 Å². The molecule has 1 aromatic carbocycles. The number of fused-ring (bicyclic) bond motifs is 1. The number of benzene rings is 1. The number of halogens is 1. The van der Waals surface area contributed by atoms with Crippen molar-refractivity contribution >= 4 is 34.0 Å². The molecular formula is C15H16ClN3S. The summed E-state index contributed by atoms with van der Waals surface area (Å²) in [7, 11) is 0. The van der Waals surface area contributed by atoms with Crippen LogP contribution >= 0.6 is 22.9 Å². The van der Waals surface area contributed by atoms with Gasteiger partial charge in [0, 0.05) is 11.1 Å². The fraction of sp³-hybridized carbons (Fsp3) is 0.333. The molecule has 0 aliphatic rings. The van der Waals surface area contributed by atoms with Crippen molar-refractivity contribution in [3.63, 3.8) is 0 Å². The normalized spacial score (nSPS) is 13.0. The van der Waals surface area contributed by atoms with Crippen molar-refractivity contribution < 1.29 is 0 Å². The van der Waals surface area contributed by atoms with Crippen LogP contribution in [0.25, 0.3) is 11.0 Å². The van der Waals surface area contributed by atoms with E-state index in [4.69, 9.17) is 11.6 Å². The zero-order valence-corrected chi connectivity index (χ0v) is 13.3. The number of hydrogen-bond acceptors (Lipinski definition) is 3. The summed E-state index contributed by atoms with van der Waals surface area (Å²) in [6, 6.07) is 6.47. The topological polar surface area (TPSA) is 30.7 Å². The van der Waals surface area contributed by atoms with Crippen molar-refractivity contribution in [1.29, 1.82) is 0 Å². The van der Waals surface area contributed by atoms with Crippen LogP contribution in [0.2, 0.25) is 0 Å². The van der Waals surface area contributed by atoms with Crippen LogP contribution in [0, 0.1) is 13.8 Å². The van der Waals surface area contributed by atoms with Crippen molar-refractivity contribution in [2.45, 2.75) is 32.7 Å². The Morgan fingerprint density at radius 1 is 1.35 bits per heavy atom. The minimum Gasteiger partial charge on any atom is -0.317 e. The van der Waals surface area contributed by atoms with Gasteiger partial charge in [0.2, 0.25) is 0 Å². The zero-order valence-electron chi connectivity index (χ0n) is 11.7. The lowest BCUT2D eigenvalue weighted by molar-refractivity contribution is 0.630. The Balaban J connectivity index is 2.18. The summed E-state index contributed by atoms with van der Waals surface area (Å²) in [5, 5.41) is 1.09. The second-order valence-corrected chi connectivity index (χ2v) is 6.54. The van der Waals surface area contributed by atoms with E-state index in [2.05, 4.69) is 53.5 Å². The van der Waals surface area contributed by atoms with Crippen LogP contribution in [0.3, 0.4) is 0 Å². The first-order valence-electron chi connectivity index (χ1n) is 6.56. The van der Waals surface area contributed by atoms with Gasteiger partial charge in [0.25, 0.3) is 0 Å². The van der Waals surface area contributed by atoms with Gasteiger partial charge in [-0.3, -0.25) is 0 Å². The lowest BCUT2D eigenvalue weighted by atomic mass is 10.2. The molecule has 0 aliphatic heterocycles. The van der Waals surface area contributed by atoms with Crippen LogP contribution in [0.1, 0.15) is 34.2 Å². The molecule has 1 atom stereocenters. The van der Waals surface area contributed by atoms with E-state index in [1.165, 1.54) is 10.4 Å². The lowest BCUT2D eigenvalue weighted by Gasteiger charge is -2.14. The van der Waals surface area contributed by atoms with Gasteiger partial charge in [-0.2, -0.15) is 0 Å². The van der Waals surface area contributed by atoms with Gasteiger partial charge in [-0.05, 0) is 38.5 Å². The Bertz CT molecular complexity index is 760. The van der Waals surface area contributed by atoms with Crippen LogP contribution in [0.5, 0.6) is 0 Å². The van der Waals surface area contributed by atoms with Gasteiger partial charge in [0.1, 0.15) is 10.8 Å². The number of aryl methyl sites for hydroxylation is 2. The Morgan fingerprint density at radius 3 is 2.80 bits per heavy atom. The summed E-state index contributed by atoms with van der Waals surface area (Å²) >= 11 is 7.80. The SMILES string of the molecule is Cc1ccc2c(c1)nc(CCl)n2C(C)c1ncc(C)s1. The third kappa shape index (κ3) is 2.23. The third-order valence-electron chi connectivity index (χ3n) is 3.42. The van der Waals surface area contributed by atoms with Gasteiger partial charge in [-0.15, -0.1) is 22.9 Å². The maximum atomic E-state index is 6.08. The molecule has 3 aromatic rings. The molecule has 0 spiro atoms. The van der Waals surface area contributed by atoms with E-state index in [-0.39, 0.29) is 6.04 Å². The standard InChI is InChI=1S/C15H16ClN3S/c1-9-4-5-13-12(6-9)18-14(7-16)19(13)11(3)15-17-8-10(2)20-15/h4-6,8,11H,7H2,1-3H3. The molecule has 0 saturated heterocycles. The fourth-order valence-corrected chi connectivity index (χ4v) is 3.47. The fourth-order valence-electron chi connectivity index (χ4n) is 2.46. The monoisotopic (exact) mass is 305 g/mol. The van der Waals surface area contributed by atoms with Gasteiger partial charge in [0.05, 0.1) is 23.0 Å². The summed E-state index contributed by atoms with van der Waals surface area (Å²) in [5.41, 5.74) is 3.33. The van der Waals surface area contributed by atoms with Crippen LogP contribution in [-0.4, -0.2) is 14.5 Å². The molecule has 0 saturated carbocycles. The molecule has 0 aliphatic carbocycles. The van der Waals surface area contributed by atoms with Gasteiger partial charge < -0.3 is 4.57 Å². The molecule has 0 radical (unpaired) electrons. The number of imidazole rings is 1. The first-order valence-corrected chi connectivity index (χ1v) is 7.91. The van der Waals surface area contributed by atoms with E-state index < -0.39 is 0 Å². The van der Waals surface area contributed by atoms with Crippen LogP contribution < -0.4 is 0 Å². The summed E-state index contributed by atoms with van der Waals surface area (Å²) in [5.74, 6) is 1.30. The first-order chi connectivity index (χ1) is 9.60. The van der Waals surface area contributed by atoms with Gasteiger partial charge >= 0.3 is 0 Å². The van der Waals surface area contributed by atoms with Crippen molar-refractivity contribution in [1.82, 2.24) is 14.5 Å². The molecule has 104 valence electrons. The summed E-state index contributed by atoms with van der Waals surface area (Å²) in [4.78, 5) is 10.4. The molecule has 1 unspecified atom stereocenters. The molecule has 0 N–H and O–H groups in total. The Morgan fingerprint density at radius 2 is 2.15 bits per heavy atom. The predicted octanol–water partition coefficient (Wildman–Crippen LogP) is 4.46. The second kappa shape index (κ2) is 5.19. The van der Waals surface area contributed by atoms with Crippen molar-refractivity contribution in [2.24, 2.45) is 0 Å². The number of thiazole rings is 1. The second-order valence-electron chi connectivity index (χ2n) is 5.01. The molecule has 2 aromatic heterocycles. The maximum absolute atomic E-state index is 6.08. The molecule has 5 heteroatoms. The smallest absolute Gasteiger partial charge is 0.125 e. The van der Waals surface area contributed by atoms with Gasteiger partial charge in [-0.25, -0.2) is 9.97 Å². The molecular weight excluding hydrogens is 290 g/mol. The average Bonchev–Trinajstić information content (AvgIpc) is 3.00. The Kier molecular flexibility index (Phi) is 3.52. The highest BCUT2D eigenvalue weighted by Gasteiger charge is 2.18. The van der Waals surface area contributed by atoms with E-state index in [9.17, 15) is 0 Å². The van der Waals surface area contributed by atoms with Crippen molar-refractivity contribution in [3.05, 3.63) is 45.7 Å². The number of aromatic nitrogens is 3. The Labute approximate surface area is 127 Å². The van der Waals surface area contributed by atoms with Crippen LogP contribution in [0.15, 0.2) is 24.4 Å². The minimum absolute atomic E-state index is 0.148. The zero-order chi connectivity index (χ0) is 14.3. The summed E-state index contributed by atoms with van der Waals surface area (Å²) in [6.45, 7) is 6.30. The average molecular weight is 306 g/mol. The third-order valence-corrected chi connectivity index (χ3v) is 4.74. The van der Waals surface area contributed by atoms with E-state index in [0.29, 0.717) is 5.88 Å². The highest BCUT2D eigenvalue weighted by atomic mass is 35.5. The number of hydrogen-bond donors (Lipinski definition) is 0. The van der Waals surface area contributed by atoms with E-state index >= 15 is 0 Å².